The minimum atomic E-state index is -0.106. The molecule has 0 N–H and O–H groups in total. The minimum absolute atomic E-state index is 0.106. The number of piperidine rings is 1. The van der Waals surface area contributed by atoms with Gasteiger partial charge in [0.15, 0.2) is 0 Å². The van der Waals surface area contributed by atoms with Gasteiger partial charge in [0.1, 0.15) is 12.4 Å². The number of anilines is 1. The van der Waals surface area contributed by atoms with E-state index in [1.807, 2.05) is 4.90 Å². The largest absolute Gasteiger partial charge is 0.359 e. The Morgan fingerprint density at radius 1 is 1.56 bits per heavy atom. The lowest BCUT2D eigenvalue weighted by Gasteiger charge is -2.34. The number of nitriles is 1. The molecule has 1 aromatic rings. The topological polar surface area (TPSA) is 57.0 Å². The highest BCUT2D eigenvalue weighted by atomic mass is 16.1. The first-order valence-electron chi connectivity index (χ1n) is 5.43. The van der Waals surface area contributed by atoms with Crippen LogP contribution in [0, 0.1) is 11.3 Å². The first-order valence-corrected chi connectivity index (χ1v) is 5.43. The van der Waals surface area contributed by atoms with Crippen molar-refractivity contribution in [2.75, 3.05) is 11.4 Å². The molecule has 2 rings (SSSR count). The maximum absolute atomic E-state index is 11.0. The normalized spacial score (nSPS) is 20.2. The fourth-order valence-electron chi connectivity index (χ4n) is 2.11. The van der Waals surface area contributed by atoms with Crippen LogP contribution in [-0.2, 0) is 4.79 Å². The van der Waals surface area contributed by atoms with E-state index >= 15 is 0 Å². The van der Waals surface area contributed by atoms with Crippen molar-refractivity contribution in [2.24, 2.45) is 0 Å². The Balaban J connectivity index is 2.34. The molecule has 0 saturated carbocycles. The van der Waals surface area contributed by atoms with Gasteiger partial charge in [-0.15, -0.1) is 0 Å². The highest BCUT2D eigenvalue weighted by Gasteiger charge is 2.23. The van der Waals surface area contributed by atoms with Crippen LogP contribution in [0.5, 0.6) is 0 Å². The van der Waals surface area contributed by atoms with E-state index in [1.165, 1.54) is 0 Å². The van der Waals surface area contributed by atoms with Gasteiger partial charge >= 0.3 is 0 Å². The average Bonchev–Trinajstić information content (AvgIpc) is 2.38. The van der Waals surface area contributed by atoms with Crippen LogP contribution in [-0.4, -0.2) is 23.9 Å². The number of carbonyl (C=O) groups excluding carboxylic acids is 1. The summed E-state index contributed by atoms with van der Waals surface area (Å²) in [6, 6.07) is 3.72. The van der Waals surface area contributed by atoms with E-state index < -0.39 is 0 Å². The Kier molecular flexibility index (Phi) is 3.16. The van der Waals surface area contributed by atoms with E-state index in [0.29, 0.717) is 5.56 Å². The van der Waals surface area contributed by atoms with Gasteiger partial charge in [0, 0.05) is 12.7 Å². The van der Waals surface area contributed by atoms with E-state index in [0.717, 1.165) is 37.8 Å². The van der Waals surface area contributed by atoms with Gasteiger partial charge in [-0.3, -0.25) is 4.98 Å². The third-order valence-electron chi connectivity index (χ3n) is 2.94. The van der Waals surface area contributed by atoms with E-state index in [9.17, 15) is 4.79 Å². The number of aldehydes is 1. The van der Waals surface area contributed by atoms with Gasteiger partial charge in [-0.1, -0.05) is 0 Å². The number of pyridine rings is 1. The Labute approximate surface area is 94.5 Å². The molecule has 2 heterocycles. The molecule has 1 unspecified atom stereocenters. The first-order chi connectivity index (χ1) is 7.86. The van der Waals surface area contributed by atoms with E-state index in [4.69, 9.17) is 5.26 Å². The molecule has 0 bridgehead atoms. The maximum atomic E-state index is 11.0. The van der Waals surface area contributed by atoms with Crippen LogP contribution < -0.4 is 4.90 Å². The number of aromatic nitrogens is 1. The van der Waals surface area contributed by atoms with Crippen LogP contribution in [0.1, 0.15) is 24.8 Å². The quantitative estimate of drug-likeness (QED) is 0.702. The lowest BCUT2D eigenvalue weighted by Crippen LogP contribution is -2.41. The highest BCUT2D eigenvalue weighted by molar-refractivity contribution is 5.69. The number of rotatable bonds is 2. The summed E-state index contributed by atoms with van der Waals surface area (Å²) >= 11 is 0. The van der Waals surface area contributed by atoms with Crippen LogP contribution in [0.15, 0.2) is 18.5 Å². The second-order valence-corrected chi connectivity index (χ2v) is 3.90. The predicted octanol–water partition coefficient (Wildman–Crippen LogP) is 1.51. The van der Waals surface area contributed by atoms with E-state index in [1.54, 1.807) is 18.5 Å². The fourth-order valence-corrected chi connectivity index (χ4v) is 2.11. The number of nitrogens with zero attached hydrogens (tertiary/aromatic N) is 3. The van der Waals surface area contributed by atoms with Gasteiger partial charge in [-0.05, 0) is 25.3 Å². The van der Waals surface area contributed by atoms with Crippen molar-refractivity contribution in [3.63, 3.8) is 0 Å². The second kappa shape index (κ2) is 4.75. The van der Waals surface area contributed by atoms with Gasteiger partial charge in [0.25, 0.3) is 0 Å². The predicted molar refractivity (Wildman–Crippen MR) is 60.0 cm³/mol. The van der Waals surface area contributed by atoms with Crippen molar-refractivity contribution in [3.05, 3.63) is 24.0 Å². The Bertz CT molecular complexity index is 425. The second-order valence-electron chi connectivity index (χ2n) is 3.90. The summed E-state index contributed by atoms with van der Waals surface area (Å²) in [7, 11) is 0. The van der Waals surface area contributed by atoms with Crippen molar-refractivity contribution in [1.29, 1.82) is 5.26 Å². The SMILES string of the molecule is N#Cc1ccncc1N1CCCCC1C=O. The molecule has 4 heteroatoms. The summed E-state index contributed by atoms with van der Waals surface area (Å²) in [4.78, 5) is 17.0. The lowest BCUT2D eigenvalue weighted by molar-refractivity contribution is -0.109. The molecule has 1 aliphatic heterocycles. The Morgan fingerprint density at radius 2 is 2.44 bits per heavy atom. The summed E-state index contributed by atoms with van der Waals surface area (Å²) in [6.45, 7) is 0.823. The zero-order valence-electron chi connectivity index (χ0n) is 8.97. The summed E-state index contributed by atoms with van der Waals surface area (Å²) in [5, 5.41) is 9.02. The van der Waals surface area contributed by atoms with Gasteiger partial charge < -0.3 is 9.69 Å². The molecule has 82 valence electrons. The molecular weight excluding hydrogens is 202 g/mol. The molecule has 1 aliphatic rings. The van der Waals surface area contributed by atoms with E-state index in [-0.39, 0.29) is 6.04 Å². The molecule has 4 nitrogen and oxygen atoms in total. The summed E-state index contributed by atoms with van der Waals surface area (Å²) < 4.78 is 0. The highest BCUT2D eigenvalue weighted by Crippen LogP contribution is 2.25. The van der Waals surface area contributed by atoms with Crippen molar-refractivity contribution in [3.8, 4) is 6.07 Å². The lowest BCUT2D eigenvalue weighted by atomic mass is 10.0. The monoisotopic (exact) mass is 215 g/mol. The third kappa shape index (κ3) is 1.89. The minimum Gasteiger partial charge on any atom is -0.359 e. The molecule has 1 saturated heterocycles. The van der Waals surface area contributed by atoms with Gasteiger partial charge in [0.05, 0.1) is 23.5 Å². The Morgan fingerprint density at radius 3 is 3.19 bits per heavy atom. The molecule has 1 aromatic heterocycles. The zero-order chi connectivity index (χ0) is 11.4. The number of carbonyl (C=O) groups is 1. The third-order valence-corrected chi connectivity index (χ3v) is 2.94. The van der Waals surface area contributed by atoms with Crippen molar-refractivity contribution in [1.82, 2.24) is 4.98 Å². The molecular formula is C12H13N3O. The van der Waals surface area contributed by atoms with Crippen LogP contribution in [0.3, 0.4) is 0 Å². The molecule has 0 aliphatic carbocycles. The van der Waals surface area contributed by atoms with Crippen LogP contribution in [0.2, 0.25) is 0 Å². The van der Waals surface area contributed by atoms with Crippen molar-refractivity contribution < 1.29 is 4.79 Å². The Hall–Kier alpha value is -1.89. The first kappa shape index (κ1) is 10.6. The summed E-state index contributed by atoms with van der Waals surface area (Å²) in [5.74, 6) is 0. The van der Waals surface area contributed by atoms with Crippen LogP contribution in [0.4, 0.5) is 5.69 Å². The molecule has 0 amide bonds. The van der Waals surface area contributed by atoms with Gasteiger partial charge in [-0.2, -0.15) is 5.26 Å². The van der Waals surface area contributed by atoms with Gasteiger partial charge in [0.2, 0.25) is 0 Å². The average molecular weight is 215 g/mol. The summed E-state index contributed by atoms with van der Waals surface area (Å²) in [5.41, 5.74) is 1.37. The molecule has 1 fully saturated rings. The smallest absolute Gasteiger partial charge is 0.142 e. The molecule has 0 aromatic carbocycles. The van der Waals surface area contributed by atoms with Crippen molar-refractivity contribution >= 4 is 12.0 Å². The maximum Gasteiger partial charge on any atom is 0.142 e. The molecule has 0 radical (unpaired) electrons. The van der Waals surface area contributed by atoms with Gasteiger partial charge in [-0.25, -0.2) is 0 Å². The fraction of sp³-hybridized carbons (Fsp3) is 0.417. The molecule has 1 atom stereocenters. The number of hydrogen-bond donors (Lipinski definition) is 0. The standard InChI is InChI=1S/C12H13N3O/c13-7-10-4-5-14-8-12(10)15-6-2-1-3-11(15)9-16/h4-5,8-9,11H,1-3,6H2. The van der Waals surface area contributed by atoms with Crippen molar-refractivity contribution in [2.45, 2.75) is 25.3 Å². The van der Waals surface area contributed by atoms with Crippen LogP contribution in [0.25, 0.3) is 0 Å². The zero-order valence-corrected chi connectivity index (χ0v) is 8.97. The molecule has 16 heavy (non-hydrogen) atoms. The molecule has 0 spiro atoms. The van der Waals surface area contributed by atoms with Crippen LogP contribution >= 0.6 is 0 Å². The van der Waals surface area contributed by atoms with E-state index in [2.05, 4.69) is 11.1 Å². The number of hydrogen-bond acceptors (Lipinski definition) is 4. The summed E-state index contributed by atoms with van der Waals surface area (Å²) in [6.07, 6.45) is 7.23.